The average molecular weight is 310 g/mol. The molecule has 1 aromatic heterocycles. The molecule has 0 aliphatic heterocycles. The molecule has 7 nitrogen and oxygen atoms in total. The summed E-state index contributed by atoms with van der Waals surface area (Å²) in [5.74, 6) is -0.442. The van der Waals surface area contributed by atoms with Crippen LogP contribution in [0.1, 0.15) is 29.9 Å². The van der Waals surface area contributed by atoms with Crippen LogP contribution in [0.2, 0.25) is 0 Å². The van der Waals surface area contributed by atoms with Crippen molar-refractivity contribution in [3.8, 4) is 6.07 Å². The number of aromatic nitrogens is 2. The lowest BCUT2D eigenvalue weighted by Gasteiger charge is -2.24. The van der Waals surface area contributed by atoms with Crippen molar-refractivity contribution in [1.82, 2.24) is 14.9 Å². The van der Waals surface area contributed by atoms with Gasteiger partial charge in [-0.2, -0.15) is 5.26 Å². The average Bonchev–Trinajstić information content (AvgIpc) is 2.36. The minimum Gasteiger partial charge on any atom is -0.339 e. The second-order valence-electron chi connectivity index (χ2n) is 5.61. The first-order chi connectivity index (χ1) is 9.48. The highest BCUT2D eigenvalue weighted by Crippen LogP contribution is 2.17. The van der Waals surface area contributed by atoms with Crippen molar-refractivity contribution >= 4 is 15.7 Å². The molecule has 8 heteroatoms. The standard InChI is InChI=1S/C13H18N4O3S/c1-9-6-15-12(21(5,19)20)16-10(9)11(18)17(4)8-13(2,3)7-14/h6H,8H2,1-5H3. The number of rotatable bonds is 4. The molecule has 1 amide bonds. The van der Waals surface area contributed by atoms with Crippen LogP contribution in [-0.2, 0) is 9.84 Å². The van der Waals surface area contributed by atoms with Crippen LogP contribution < -0.4 is 0 Å². The molecular formula is C13H18N4O3S. The van der Waals surface area contributed by atoms with Gasteiger partial charge in [0.15, 0.2) is 0 Å². The van der Waals surface area contributed by atoms with Gasteiger partial charge in [0.25, 0.3) is 5.91 Å². The molecule has 21 heavy (non-hydrogen) atoms. The molecule has 0 saturated heterocycles. The van der Waals surface area contributed by atoms with Crippen molar-refractivity contribution < 1.29 is 13.2 Å². The molecule has 1 aromatic rings. The number of carbonyl (C=O) groups is 1. The summed E-state index contributed by atoms with van der Waals surface area (Å²) in [7, 11) is -2.04. The number of hydrogen-bond donors (Lipinski definition) is 0. The van der Waals surface area contributed by atoms with Crippen molar-refractivity contribution in [1.29, 1.82) is 5.26 Å². The summed E-state index contributed by atoms with van der Waals surface area (Å²) in [4.78, 5) is 21.3. The van der Waals surface area contributed by atoms with E-state index in [2.05, 4.69) is 16.0 Å². The van der Waals surface area contributed by atoms with Gasteiger partial charge in [-0.05, 0) is 26.3 Å². The molecule has 1 heterocycles. The van der Waals surface area contributed by atoms with E-state index in [9.17, 15) is 13.2 Å². The molecule has 1 rings (SSSR count). The Morgan fingerprint density at radius 3 is 2.52 bits per heavy atom. The third kappa shape index (κ3) is 4.23. The Morgan fingerprint density at radius 2 is 2.05 bits per heavy atom. The van der Waals surface area contributed by atoms with Crippen molar-refractivity contribution in [3.63, 3.8) is 0 Å². The van der Waals surface area contributed by atoms with E-state index in [-0.39, 0.29) is 17.4 Å². The van der Waals surface area contributed by atoms with Gasteiger partial charge < -0.3 is 4.90 Å². The van der Waals surface area contributed by atoms with Gasteiger partial charge in [-0.15, -0.1) is 0 Å². The minimum atomic E-state index is -3.59. The van der Waals surface area contributed by atoms with Crippen LogP contribution >= 0.6 is 0 Å². The number of nitriles is 1. The Kier molecular flexibility index (Phi) is 4.69. The minimum absolute atomic E-state index is 0.0293. The lowest BCUT2D eigenvalue weighted by Crippen LogP contribution is -2.36. The molecular weight excluding hydrogens is 292 g/mol. The number of sulfone groups is 1. The fourth-order valence-corrected chi connectivity index (χ4v) is 2.20. The van der Waals surface area contributed by atoms with Crippen LogP contribution in [0.4, 0.5) is 0 Å². The molecule has 0 aromatic carbocycles. The van der Waals surface area contributed by atoms with Gasteiger partial charge in [-0.1, -0.05) is 0 Å². The Balaban J connectivity index is 3.16. The summed E-state index contributed by atoms with van der Waals surface area (Å²) in [6, 6.07) is 2.11. The van der Waals surface area contributed by atoms with Crippen molar-refractivity contribution in [3.05, 3.63) is 17.5 Å². The third-order valence-corrected chi connectivity index (χ3v) is 3.63. The summed E-state index contributed by atoms with van der Waals surface area (Å²) in [5, 5.41) is 8.62. The summed E-state index contributed by atoms with van der Waals surface area (Å²) in [6.07, 6.45) is 2.29. The van der Waals surface area contributed by atoms with E-state index in [4.69, 9.17) is 5.26 Å². The van der Waals surface area contributed by atoms with Crippen LogP contribution in [0.5, 0.6) is 0 Å². The summed E-state index contributed by atoms with van der Waals surface area (Å²) in [6.45, 7) is 5.26. The molecule has 0 unspecified atom stereocenters. The molecule has 0 bridgehead atoms. The SMILES string of the molecule is Cc1cnc(S(C)(=O)=O)nc1C(=O)N(C)CC(C)(C)C#N. The summed E-state index contributed by atoms with van der Waals surface area (Å²) < 4.78 is 22.9. The monoisotopic (exact) mass is 310 g/mol. The first kappa shape index (κ1) is 17.0. The van der Waals surface area contributed by atoms with Gasteiger partial charge in [-0.3, -0.25) is 4.79 Å². The topological polar surface area (TPSA) is 104 Å². The van der Waals surface area contributed by atoms with Gasteiger partial charge in [0, 0.05) is 26.0 Å². The first-order valence-corrected chi connectivity index (χ1v) is 8.07. The highest BCUT2D eigenvalue weighted by Gasteiger charge is 2.25. The first-order valence-electron chi connectivity index (χ1n) is 6.18. The Morgan fingerprint density at radius 1 is 1.48 bits per heavy atom. The fraction of sp³-hybridized carbons (Fsp3) is 0.538. The molecule has 0 aliphatic carbocycles. The van der Waals surface area contributed by atoms with E-state index in [1.54, 1.807) is 27.8 Å². The summed E-state index contributed by atoms with van der Waals surface area (Å²) in [5.41, 5.74) is -0.193. The second kappa shape index (κ2) is 5.77. The van der Waals surface area contributed by atoms with E-state index >= 15 is 0 Å². The van der Waals surface area contributed by atoms with Crippen LogP contribution in [0, 0.1) is 23.7 Å². The van der Waals surface area contributed by atoms with Gasteiger partial charge in [0.2, 0.25) is 15.0 Å². The maximum atomic E-state index is 12.4. The normalized spacial score (nSPS) is 11.8. The highest BCUT2D eigenvalue weighted by atomic mass is 32.2. The highest BCUT2D eigenvalue weighted by molar-refractivity contribution is 7.90. The summed E-state index contributed by atoms with van der Waals surface area (Å²) >= 11 is 0. The van der Waals surface area contributed by atoms with Crippen molar-refractivity contribution in [2.75, 3.05) is 19.8 Å². The van der Waals surface area contributed by atoms with Gasteiger partial charge in [0.05, 0.1) is 11.5 Å². The maximum absolute atomic E-state index is 12.4. The molecule has 0 fully saturated rings. The number of amides is 1. The van der Waals surface area contributed by atoms with Crippen LogP contribution in [0.25, 0.3) is 0 Å². The van der Waals surface area contributed by atoms with Gasteiger partial charge in [0.1, 0.15) is 5.69 Å². The van der Waals surface area contributed by atoms with Gasteiger partial charge >= 0.3 is 0 Å². The molecule has 0 spiro atoms. The predicted octanol–water partition coefficient (Wildman–Crippen LogP) is 0.810. The number of aryl methyl sites for hydroxylation is 1. The van der Waals surface area contributed by atoms with E-state index < -0.39 is 21.2 Å². The predicted molar refractivity (Wildman–Crippen MR) is 76.2 cm³/mol. The lowest BCUT2D eigenvalue weighted by molar-refractivity contribution is 0.0753. The molecule has 0 saturated carbocycles. The maximum Gasteiger partial charge on any atom is 0.272 e. The van der Waals surface area contributed by atoms with E-state index in [1.807, 2.05) is 0 Å². The Bertz CT molecular complexity index is 705. The van der Waals surface area contributed by atoms with Gasteiger partial charge in [-0.25, -0.2) is 18.4 Å². The van der Waals surface area contributed by atoms with E-state index in [1.165, 1.54) is 11.1 Å². The van der Waals surface area contributed by atoms with Crippen molar-refractivity contribution in [2.45, 2.75) is 25.9 Å². The quantitative estimate of drug-likeness (QED) is 0.762. The smallest absolute Gasteiger partial charge is 0.272 e. The zero-order valence-electron chi connectivity index (χ0n) is 12.7. The van der Waals surface area contributed by atoms with Crippen LogP contribution in [0.15, 0.2) is 11.4 Å². The zero-order valence-corrected chi connectivity index (χ0v) is 13.5. The zero-order chi connectivity index (χ0) is 16.4. The lowest BCUT2D eigenvalue weighted by atomic mass is 9.95. The largest absolute Gasteiger partial charge is 0.339 e. The molecule has 0 N–H and O–H groups in total. The second-order valence-corrected chi connectivity index (χ2v) is 7.52. The number of nitrogens with zero attached hydrogens (tertiary/aromatic N) is 4. The molecule has 0 atom stereocenters. The number of hydrogen-bond acceptors (Lipinski definition) is 6. The Hall–Kier alpha value is -2.01. The molecule has 0 aliphatic rings. The Labute approximate surface area is 124 Å². The van der Waals surface area contributed by atoms with E-state index in [0.29, 0.717) is 5.56 Å². The molecule has 114 valence electrons. The molecule has 0 radical (unpaired) electrons. The van der Waals surface area contributed by atoms with Crippen LogP contribution in [0.3, 0.4) is 0 Å². The van der Waals surface area contributed by atoms with E-state index in [0.717, 1.165) is 6.26 Å². The third-order valence-electron chi connectivity index (χ3n) is 2.77. The number of carbonyl (C=O) groups excluding carboxylic acids is 1. The fourth-order valence-electron chi connectivity index (χ4n) is 1.70. The van der Waals surface area contributed by atoms with Crippen molar-refractivity contribution in [2.24, 2.45) is 5.41 Å². The van der Waals surface area contributed by atoms with Crippen LogP contribution in [-0.4, -0.2) is 49.0 Å².